The Morgan fingerprint density at radius 1 is 1.04 bits per heavy atom. The molecule has 120 valence electrons. The molecule has 0 spiro atoms. The Labute approximate surface area is 139 Å². The Balaban J connectivity index is 2.01. The average molecular weight is 334 g/mol. The van der Waals surface area contributed by atoms with Crippen LogP contribution >= 0.6 is 11.6 Å². The standard InChI is InChI=1S/C17H16ClNO4/c18-15-8-4-7-14(9-15)10-19(11-16(20)21)17(22)23-12-13-5-2-1-3-6-13/h1-9H,10-12H2,(H,20,21). The van der Waals surface area contributed by atoms with Crippen LogP contribution in [0.5, 0.6) is 0 Å². The molecule has 0 saturated heterocycles. The van der Waals surface area contributed by atoms with Crippen LogP contribution in [0.4, 0.5) is 4.79 Å². The van der Waals surface area contributed by atoms with Gasteiger partial charge in [0.15, 0.2) is 0 Å². The lowest BCUT2D eigenvalue weighted by molar-refractivity contribution is -0.138. The zero-order valence-corrected chi connectivity index (χ0v) is 13.1. The molecule has 5 nitrogen and oxygen atoms in total. The van der Waals surface area contributed by atoms with Gasteiger partial charge >= 0.3 is 12.1 Å². The van der Waals surface area contributed by atoms with Crippen molar-refractivity contribution in [3.8, 4) is 0 Å². The Morgan fingerprint density at radius 3 is 2.39 bits per heavy atom. The van der Waals surface area contributed by atoms with Crippen molar-refractivity contribution in [1.82, 2.24) is 4.90 Å². The molecule has 2 aromatic carbocycles. The highest BCUT2D eigenvalue weighted by Crippen LogP contribution is 2.13. The van der Waals surface area contributed by atoms with Crippen LogP contribution in [0, 0.1) is 0 Å². The van der Waals surface area contributed by atoms with E-state index in [1.807, 2.05) is 30.3 Å². The Morgan fingerprint density at radius 2 is 1.74 bits per heavy atom. The Bertz CT molecular complexity index is 675. The van der Waals surface area contributed by atoms with Crippen molar-refractivity contribution in [1.29, 1.82) is 0 Å². The van der Waals surface area contributed by atoms with Gasteiger partial charge in [-0.1, -0.05) is 54.1 Å². The van der Waals surface area contributed by atoms with Crippen LogP contribution in [0.1, 0.15) is 11.1 Å². The van der Waals surface area contributed by atoms with Gasteiger partial charge in [-0.25, -0.2) is 4.79 Å². The van der Waals surface area contributed by atoms with Gasteiger partial charge < -0.3 is 9.84 Å². The number of amides is 1. The summed E-state index contributed by atoms with van der Waals surface area (Å²) in [5, 5.41) is 9.50. The van der Waals surface area contributed by atoms with E-state index in [9.17, 15) is 9.59 Å². The van der Waals surface area contributed by atoms with E-state index in [2.05, 4.69) is 0 Å². The normalized spacial score (nSPS) is 10.1. The van der Waals surface area contributed by atoms with Gasteiger partial charge in [-0.3, -0.25) is 9.69 Å². The number of aliphatic carboxylic acids is 1. The molecule has 23 heavy (non-hydrogen) atoms. The number of rotatable bonds is 6. The first-order chi connectivity index (χ1) is 11.0. The summed E-state index contributed by atoms with van der Waals surface area (Å²) in [6.45, 7) is -0.244. The Kier molecular flexibility index (Phi) is 6.00. The molecule has 1 N–H and O–H groups in total. The number of ether oxygens (including phenoxy) is 1. The number of hydrogen-bond acceptors (Lipinski definition) is 3. The second-order valence-corrected chi connectivity index (χ2v) is 5.36. The lowest BCUT2D eigenvalue weighted by atomic mass is 10.2. The van der Waals surface area contributed by atoms with Gasteiger partial charge in [-0.15, -0.1) is 0 Å². The van der Waals surface area contributed by atoms with Crippen molar-refractivity contribution in [2.24, 2.45) is 0 Å². The molecule has 0 heterocycles. The molecule has 0 bridgehead atoms. The summed E-state index contributed by atoms with van der Waals surface area (Å²) in [4.78, 5) is 24.2. The number of carbonyl (C=O) groups is 2. The summed E-state index contributed by atoms with van der Waals surface area (Å²) in [6, 6.07) is 16.1. The van der Waals surface area contributed by atoms with E-state index in [-0.39, 0.29) is 13.2 Å². The van der Waals surface area contributed by atoms with Crippen LogP contribution in [-0.4, -0.2) is 28.6 Å². The number of carboxylic acids is 1. The number of hydrogen-bond donors (Lipinski definition) is 1. The van der Waals surface area contributed by atoms with Gasteiger partial charge in [0.05, 0.1) is 0 Å². The maximum atomic E-state index is 12.1. The zero-order valence-electron chi connectivity index (χ0n) is 12.3. The molecule has 0 unspecified atom stereocenters. The first-order valence-electron chi connectivity index (χ1n) is 6.96. The summed E-state index contributed by atoms with van der Waals surface area (Å²) in [5.41, 5.74) is 1.56. The third kappa shape index (κ3) is 5.64. The largest absolute Gasteiger partial charge is 0.480 e. The zero-order chi connectivity index (χ0) is 16.7. The molecule has 0 atom stereocenters. The summed E-state index contributed by atoms with van der Waals surface area (Å²) in [7, 11) is 0. The van der Waals surface area contributed by atoms with Gasteiger partial charge in [0.25, 0.3) is 0 Å². The van der Waals surface area contributed by atoms with Crippen LogP contribution in [0.3, 0.4) is 0 Å². The number of nitrogens with zero attached hydrogens (tertiary/aromatic N) is 1. The highest BCUT2D eigenvalue weighted by Gasteiger charge is 2.19. The van der Waals surface area contributed by atoms with E-state index in [1.54, 1.807) is 24.3 Å². The van der Waals surface area contributed by atoms with E-state index < -0.39 is 18.6 Å². The fourth-order valence-electron chi connectivity index (χ4n) is 2.01. The molecule has 6 heteroatoms. The van der Waals surface area contributed by atoms with E-state index in [0.29, 0.717) is 5.02 Å². The smallest absolute Gasteiger partial charge is 0.410 e. The fourth-order valence-corrected chi connectivity index (χ4v) is 2.23. The highest BCUT2D eigenvalue weighted by atomic mass is 35.5. The summed E-state index contributed by atoms with van der Waals surface area (Å²) in [6.07, 6.45) is -0.684. The monoisotopic (exact) mass is 333 g/mol. The molecule has 0 radical (unpaired) electrons. The van der Waals surface area contributed by atoms with Gasteiger partial charge in [-0.2, -0.15) is 0 Å². The number of carboxylic acid groups (broad SMARTS) is 1. The van der Waals surface area contributed by atoms with E-state index in [4.69, 9.17) is 21.4 Å². The molecule has 0 aliphatic heterocycles. The second kappa shape index (κ2) is 8.19. The van der Waals surface area contributed by atoms with Crippen LogP contribution in [0.2, 0.25) is 5.02 Å². The maximum absolute atomic E-state index is 12.1. The molecule has 0 fully saturated rings. The lowest BCUT2D eigenvalue weighted by Crippen LogP contribution is -2.35. The minimum Gasteiger partial charge on any atom is -0.480 e. The number of benzene rings is 2. The molecule has 0 aromatic heterocycles. The van der Waals surface area contributed by atoms with Crippen LogP contribution in [0.25, 0.3) is 0 Å². The van der Waals surface area contributed by atoms with Crippen LogP contribution in [-0.2, 0) is 22.7 Å². The topological polar surface area (TPSA) is 66.8 Å². The molecule has 0 aliphatic rings. The van der Waals surface area contributed by atoms with E-state index in [1.165, 1.54) is 0 Å². The van der Waals surface area contributed by atoms with Crippen molar-refractivity contribution in [3.05, 3.63) is 70.7 Å². The van der Waals surface area contributed by atoms with Crippen molar-refractivity contribution in [3.63, 3.8) is 0 Å². The van der Waals surface area contributed by atoms with Crippen molar-refractivity contribution >= 4 is 23.7 Å². The van der Waals surface area contributed by atoms with Crippen molar-refractivity contribution < 1.29 is 19.4 Å². The fraction of sp³-hybridized carbons (Fsp3) is 0.176. The molecular weight excluding hydrogens is 318 g/mol. The average Bonchev–Trinajstić information content (AvgIpc) is 2.52. The summed E-state index contributed by atoms with van der Waals surface area (Å²) in [5.74, 6) is -1.11. The van der Waals surface area contributed by atoms with Gasteiger partial charge in [0, 0.05) is 11.6 Å². The number of halogens is 1. The molecule has 1 amide bonds. The Hall–Kier alpha value is -2.53. The lowest BCUT2D eigenvalue weighted by Gasteiger charge is -2.20. The predicted octanol–water partition coefficient (Wildman–Crippen LogP) is 3.56. The van der Waals surface area contributed by atoms with E-state index >= 15 is 0 Å². The quantitative estimate of drug-likeness (QED) is 0.877. The number of carbonyl (C=O) groups excluding carboxylic acids is 1. The first kappa shape index (κ1) is 16.8. The molecule has 0 saturated carbocycles. The third-order valence-corrected chi connectivity index (χ3v) is 3.29. The molecule has 2 aromatic rings. The maximum Gasteiger partial charge on any atom is 0.410 e. The van der Waals surface area contributed by atoms with Crippen LogP contribution in [0.15, 0.2) is 54.6 Å². The second-order valence-electron chi connectivity index (χ2n) is 4.92. The predicted molar refractivity (Wildman–Crippen MR) is 86.1 cm³/mol. The van der Waals surface area contributed by atoms with E-state index in [0.717, 1.165) is 16.0 Å². The van der Waals surface area contributed by atoms with Crippen molar-refractivity contribution in [2.45, 2.75) is 13.2 Å². The first-order valence-corrected chi connectivity index (χ1v) is 7.34. The highest BCUT2D eigenvalue weighted by molar-refractivity contribution is 6.30. The SMILES string of the molecule is O=C(O)CN(Cc1cccc(Cl)c1)C(=O)OCc1ccccc1. The van der Waals surface area contributed by atoms with Crippen LogP contribution < -0.4 is 0 Å². The molecule has 0 aliphatic carbocycles. The molecular formula is C17H16ClNO4. The van der Waals surface area contributed by atoms with Gasteiger partial charge in [0.2, 0.25) is 0 Å². The third-order valence-electron chi connectivity index (χ3n) is 3.05. The minimum atomic E-state index is -1.11. The van der Waals surface area contributed by atoms with Gasteiger partial charge in [0.1, 0.15) is 13.2 Å². The summed E-state index contributed by atoms with van der Waals surface area (Å²) >= 11 is 5.90. The van der Waals surface area contributed by atoms with Gasteiger partial charge in [-0.05, 0) is 23.3 Å². The summed E-state index contributed by atoms with van der Waals surface area (Å²) < 4.78 is 5.18. The minimum absolute atomic E-state index is 0.0886. The van der Waals surface area contributed by atoms with Crippen molar-refractivity contribution in [2.75, 3.05) is 6.54 Å². The molecule has 2 rings (SSSR count).